The van der Waals surface area contributed by atoms with Crippen LogP contribution >= 0.6 is 0 Å². The van der Waals surface area contributed by atoms with Crippen molar-refractivity contribution in [3.05, 3.63) is 78.0 Å². The summed E-state index contributed by atoms with van der Waals surface area (Å²) in [5.74, 6) is 0. The number of aromatic nitrogens is 2. The van der Waals surface area contributed by atoms with Crippen LogP contribution in [0.25, 0.3) is 11.3 Å². The molecule has 1 heterocycles. The summed E-state index contributed by atoms with van der Waals surface area (Å²) in [6.07, 6.45) is 0.993. The molecule has 0 atom stereocenters. The van der Waals surface area contributed by atoms with Crippen LogP contribution < -0.4 is 0 Å². The molecule has 0 amide bonds. The van der Waals surface area contributed by atoms with E-state index in [0.717, 1.165) is 18.7 Å². The smallest absolute Gasteiger partial charge is 0.0926 e. The Morgan fingerprint density at radius 3 is 2.20 bits per heavy atom. The second kappa shape index (κ2) is 5.74. The molecular weight excluding hydrogens is 244 g/mol. The van der Waals surface area contributed by atoms with E-state index in [0.29, 0.717) is 0 Å². The fourth-order valence-corrected chi connectivity index (χ4v) is 2.38. The predicted octanol–water partition coefficient (Wildman–Crippen LogP) is 4.16. The summed E-state index contributed by atoms with van der Waals surface area (Å²) < 4.78 is 2.11. The first kappa shape index (κ1) is 12.7. The van der Waals surface area contributed by atoms with Gasteiger partial charge in [-0.2, -0.15) is 5.10 Å². The third kappa shape index (κ3) is 2.64. The number of hydrogen-bond acceptors (Lipinski definition) is 1. The maximum absolute atomic E-state index is 4.76. The predicted molar refractivity (Wildman–Crippen MR) is 82.6 cm³/mol. The maximum Gasteiger partial charge on any atom is 0.0926 e. The molecule has 0 aliphatic rings. The molecule has 0 unspecified atom stereocenters. The molecule has 2 aromatic carbocycles. The molecule has 20 heavy (non-hydrogen) atoms. The van der Waals surface area contributed by atoms with Crippen molar-refractivity contribution in [2.45, 2.75) is 19.9 Å². The molecule has 1 aromatic heterocycles. The third-order valence-corrected chi connectivity index (χ3v) is 3.47. The molecule has 0 radical (unpaired) electrons. The van der Waals surface area contributed by atoms with Gasteiger partial charge in [0.25, 0.3) is 0 Å². The van der Waals surface area contributed by atoms with E-state index < -0.39 is 0 Å². The number of benzene rings is 2. The van der Waals surface area contributed by atoms with E-state index in [4.69, 9.17) is 5.10 Å². The monoisotopic (exact) mass is 262 g/mol. The van der Waals surface area contributed by atoms with Gasteiger partial charge in [0, 0.05) is 11.3 Å². The minimum atomic E-state index is 0.830. The van der Waals surface area contributed by atoms with E-state index in [2.05, 4.69) is 66.2 Å². The fraction of sp³-hybridized carbons (Fsp3) is 0.167. The lowest BCUT2D eigenvalue weighted by Gasteiger charge is -2.05. The molecule has 0 aliphatic carbocycles. The highest BCUT2D eigenvalue weighted by molar-refractivity contribution is 5.59. The van der Waals surface area contributed by atoms with Crippen LogP contribution in [-0.2, 0) is 13.0 Å². The van der Waals surface area contributed by atoms with Crippen molar-refractivity contribution in [2.24, 2.45) is 0 Å². The Hall–Kier alpha value is -2.35. The molecule has 100 valence electrons. The fourth-order valence-electron chi connectivity index (χ4n) is 2.38. The van der Waals surface area contributed by atoms with Gasteiger partial charge in [-0.15, -0.1) is 0 Å². The van der Waals surface area contributed by atoms with Crippen LogP contribution in [0.5, 0.6) is 0 Å². The Morgan fingerprint density at radius 2 is 1.55 bits per heavy atom. The van der Waals surface area contributed by atoms with E-state index in [1.807, 2.05) is 12.1 Å². The first-order valence-electron chi connectivity index (χ1n) is 7.03. The van der Waals surface area contributed by atoms with Gasteiger partial charge in [0.2, 0.25) is 0 Å². The van der Waals surface area contributed by atoms with Crippen molar-refractivity contribution in [3.8, 4) is 11.3 Å². The first-order valence-corrected chi connectivity index (χ1v) is 7.03. The Labute approximate surface area is 119 Å². The normalized spacial score (nSPS) is 10.7. The quantitative estimate of drug-likeness (QED) is 0.690. The number of rotatable bonds is 4. The van der Waals surface area contributed by atoms with Gasteiger partial charge in [0.05, 0.1) is 12.2 Å². The summed E-state index contributed by atoms with van der Waals surface area (Å²) in [6.45, 7) is 3.00. The standard InChI is InChI=1S/C18H18N2/c1-2-17-13-18(16-11-7-4-8-12-16)19-20(17)14-15-9-5-3-6-10-15/h3-13H,2,14H2,1H3. The summed E-state index contributed by atoms with van der Waals surface area (Å²) in [6, 6.07) is 23.0. The van der Waals surface area contributed by atoms with Gasteiger partial charge in [-0.1, -0.05) is 67.6 Å². The molecule has 2 nitrogen and oxygen atoms in total. The third-order valence-electron chi connectivity index (χ3n) is 3.47. The van der Waals surface area contributed by atoms with Gasteiger partial charge in [-0.05, 0) is 18.1 Å². The van der Waals surface area contributed by atoms with Crippen LogP contribution in [0.1, 0.15) is 18.2 Å². The molecule has 0 aliphatic heterocycles. The molecule has 0 fully saturated rings. The Bertz CT molecular complexity index is 669. The van der Waals surface area contributed by atoms with E-state index in [1.165, 1.54) is 16.8 Å². The zero-order valence-corrected chi connectivity index (χ0v) is 11.7. The lowest BCUT2D eigenvalue weighted by atomic mass is 10.1. The minimum absolute atomic E-state index is 0.830. The lowest BCUT2D eigenvalue weighted by Crippen LogP contribution is -2.05. The summed E-state index contributed by atoms with van der Waals surface area (Å²) in [5, 5.41) is 4.76. The molecule has 3 rings (SSSR count). The van der Waals surface area contributed by atoms with Crippen LogP contribution in [0.3, 0.4) is 0 Å². The first-order chi connectivity index (χ1) is 9.86. The van der Waals surface area contributed by atoms with Crippen LogP contribution in [0.4, 0.5) is 0 Å². The SMILES string of the molecule is CCc1cc(-c2ccccc2)nn1Cc1ccccc1. The average molecular weight is 262 g/mol. The Kier molecular flexibility index (Phi) is 3.64. The van der Waals surface area contributed by atoms with E-state index >= 15 is 0 Å². The van der Waals surface area contributed by atoms with Crippen LogP contribution in [0.2, 0.25) is 0 Å². The Balaban J connectivity index is 1.93. The van der Waals surface area contributed by atoms with Crippen molar-refractivity contribution in [1.82, 2.24) is 9.78 Å². The van der Waals surface area contributed by atoms with Gasteiger partial charge in [-0.3, -0.25) is 4.68 Å². The average Bonchev–Trinajstić information content (AvgIpc) is 2.92. The molecule has 0 bridgehead atoms. The molecule has 0 spiro atoms. The van der Waals surface area contributed by atoms with Crippen molar-refractivity contribution in [3.63, 3.8) is 0 Å². The van der Waals surface area contributed by atoms with Crippen molar-refractivity contribution < 1.29 is 0 Å². The van der Waals surface area contributed by atoms with Gasteiger partial charge in [-0.25, -0.2) is 0 Å². The van der Waals surface area contributed by atoms with Crippen LogP contribution in [0.15, 0.2) is 66.7 Å². The number of hydrogen-bond donors (Lipinski definition) is 0. The maximum atomic E-state index is 4.76. The molecular formula is C18H18N2. The van der Waals surface area contributed by atoms with E-state index in [1.54, 1.807) is 0 Å². The lowest BCUT2D eigenvalue weighted by molar-refractivity contribution is 0.651. The van der Waals surface area contributed by atoms with Crippen LogP contribution in [-0.4, -0.2) is 9.78 Å². The Morgan fingerprint density at radius 1 is 0.900 bits per heavy atom. The largest absolute Gasteiger partial charge is 0.265 e. The number of aryl methyl sites for hydroxylation is 1. The summed E-state index contributed by atoms with van der Waals surface area (Å²) in [4.78, 5) is 0. The van der Waals surface area contributed by atoms with Gasteiger partial charge in [0.1, 0.15) is 0 Å². The second-order valence-electron chi connectivity index (χ2n) is 4.88. The number of nitrogens with zero attached hydrogens (tertiary/aromatic N) is 2. The summed E-state index contributed by atoms with van der Waals surface area (Å²) in [7, 11) is 0. The molecule has 2 heteroatoms. The van der Waals surface area contributed by atoms with Gasteiger partial charge >= 0.3 is 0 Å². The summed E-state index contributed by atoms with van der Waals surface area (Å²) >= 11 is 0. The van der Waals surface area contributed by atoms with Crippen molar-refractivity contribution >= 4 is 0 Å². The van der Waals surface area contributed by atoms with Gasteiger partial charge in [0.15, 0.2) is 0 Å². The van der Waals surface area contributed by atoms with Crippen LogP contribution in [0, 0.1) is 0 Å². The molecule has 0 saturated carbocycles. The topological polar surface area (TPSA) is 17.8 Å². The highest BCUT2D eigenvalue weighted by Gasteiger charge is 2.08. The molecule has 0 N–H and O–H groups in total. The van der Waals surface area contributed by atoms with Crippen molar-refractivity contribution in [2.75, 3.05) is 0 Å². The zero-order valence-electron chi connectivity index (χ0n) is 11.7. The van der Waals surface area contributed by atoms with Crippen molar-refractivity contribution in [1.29, 1.82) is 0 Å². The highest BCUT2D eigenvalue weighted by atomic mass is 15.3. The molecule has 3 aromatic rings. The highest BCUT2D eigenvalue weighted by Crippen LogP contribution is 2.19. The van der Waals surface area contributed by atoms with E-state index in [-0.39, 0.29) is 0 Å². The summed E-state index contributed by atoms with van der Waals surface area (Å²) in [5.41, 5.74) is 4.78. The zero-order chi connectivity index (χ0) is 13.8. The molecule has 0 saturated heterocycles. The van der Waals surface area contributed by atoms with Gasteiger partial charge < -0.3 is 0 Å². The second-order valence-corrected chi connectivity index (χ2v) is 4.88. The van der Waals surface area contributed by atoms with E-state index in [9.17, 15) is 0 Å². The minimum Gasteiger partial charge on any atom is -0.265 e.